The summed E-state index contributed by atoms with van der Waals surface area (Å²) in [5.41, 5.74) is 7.51. The molecule has 0 spiro atoms. The molecule has 1 rings (SSSR count). The Kier molecular flexibility index (Phi) is 3.94. The largest absolute Gasteiger partial charge is 0.496 e. The Hall–Kier alpha value is -1.26. The van der Waals surface area contributed by atoms with Crippen molar-refractivity contribution in [3.05, 3.63) is 23.3 Å². The van der Waals surface area contributed by atoms with Crippen molar-refractivity contribution in [1.82, 2.24) is 0 Å². The lowest BCUT2D eigenvalue weighted by atomic mass is 10.0. The number of methoxy groups -OCH3 is 2. The first-order valence-corrected chi connectivity index (χ1v) is 4.73. The van der Waals surface area contributed by atoms with Gasteiger partial charge >= 0.3 is 0 Å². The molecule has 4 heteroatoms. The van der Waals surface area contributed by atoms with Crippen LogP contribution in [0, 0.1) is 6.92 Å². The molecule has 15 heavy (non-hydrogen) atoms. The number of aliphatic hydroxyl groups excluding tert-OH is 1. The van der Waals surface area contributed by atoms with Crippen LogP contribution < -0.4 is 15.2 Å². The van der Waals surface area contributed by atoms with Gasteiger partial charge in [-0.2, -0.15) is 0 Å². The molecule has 0 saturated carbocycles. The quantitative estimate of drug-likeness (QED) is 0.780. The minimum absolute atomic E-state index is 0.143. The predicted octanol–water partition coefficient (Wildman–Crippen LogP) is 1.00. The maximum Gasteiger partial charge on any atom is 0.127 e. The highest BCUT2D eigenvalue weighted by molar-refractivity contribution is 5.49. The second-order valence-electron chi connectivity index (χ2n) is 3.37. The molecular formula is C11H17NO3. The highest BCUT2D eigenvalue weighted by Gasteiger charge is 2.17. The van der Waals surface area contributed by atoms with E-state index in [1.807, 2.05) is 19.1 Å². The van der Waals surface area contributed by atoms with Gasteiger partial charge in [-0.1, -0.05) is 0 Å². The minimum Gasteiger partial charge on any atom is -0.496 e. The van der Waals surface area contributed by atoms with Crippen LogP contribution in [0.25, 0.3) is 0 Å². The molecule has 84 valence electrons. The van der Waals surface area contributed by atoms with E-state index in [1.165, 1.54) is 0 Å². The van der Waals surface area contributed by atoms with Crippen molar-refractivity contribution < 1.29 is 14.6 Å². The number of hydrogen-bond donors (Lipinski definition) is 2. The highest BCUT2D eigenvalue weighted by Crippen LogP contribution is 2.34. The Bertz CT molecular complexity index is 314. The van der Waals surface area contributed by atoms with Crippen LogP contribution >= 0.6 is 0 Å². The second kappa shape index (κ2) is 5.00. The summed E-state index contributed by atoms with van der Waals surface area (Å²) in [5.74, 6) is 1.29. The Labute approximate surface area is 89.6 Å². The van der Waals surface area contributed by atoms with E-state index in [-0.39, 0.29) is 6.61 Å². The van der Waals surface area contributed by atoms with Crippen molar-refractivity contribution in [3.8, 4) is 11.5 Å². The molecule has 0 heterocycles. The van der Waals surface area contributed by atoms with Crippen molar-refractivity contribution in [2.75, 3.05) is 20.8 Å². The van der Waals surface area contributed by atoms with E-state index in [4.69, 9.17) is 20.3 Å². The molecule has 0 amide bonds. The number of nitrogens with two attached hydrogens (primary N) is 1. The molecule has 0 fully saturated rings. The lowest BCUT2D eigenvalue weighted by Crippen LogP contribution is -2.16. The number of rotatable bonds is 4. The van der Waals surface area contributed by atoms with Crippen LogP contribution in [-0.4, -0.2) is 25.9 Å². The zero-order valence-corrected chi connectivity index (χ0v) is 9.28. The normalized spacial score (nSPS) is 12.3. The topological polar surface area (TPSA) is 64.7 Å². The lowest BCUT2D eigenvalue weighted by molar-refractivity contribution is 0.260. The zero-order valence-electron chi connectivity index (χ0n) is 9.28. The van der Waals surface area contributed by atoms with Crippen molar-refractivity contribution in [3.63, 3.8) is 0 Å². The molecule has 0 radical (unpaired) electrons. The van der Waals surface area contributed by atoms with Gasteiger partial charge in [0.1, 0.15) is 11.5 Å². The monoisotopic (exact) mass is 211 g/mol. The summed E-state index contributed by atoms with van der Waals surface area (Å²) < 4.78 is 10.4. The number of ether oxygens (including phenoxy) is 2. The SMILES string of the molecule is COc1cc(C)cc(OC)c1C(N)CO. The van der Waals surface area contributed by atoms with Gasteiger partial charge in [0.2, 0.25) is 0 Å². The van der Waals surface area contributed by atoms with E-state index in [0.29, 0.717) is 17.1 Å². The first-order valence-electron chi connectivity index (χ1n) is 4.73. The van der Waals surface area contributed by atoms with Crippen LogP contribution in [-0.2, 0) is 0 Å². The number of hydrogen-bond acceptors (Lipinski definition) is 4. The summed E-state index contributed by atoms with van der Waals surface area (Å²) in [4.78, 5) is 0. The zero-order chi connectivity index (χ0) is 11.4. The Morgan fingerprint density at radius 3 is 2.07 bits per heavy atom. The molecule has 0 bridgehead atoms. The predicted molar refractivity (Wildman–Crippen MR) is 58.3 cm³/mol. The number of aliphatic hydroxyl groups is 1. The van der Waals surface area contributed by atoms with Crippen molar-refractivity contribution in [2.24, 2.45) is 5.73 Å². The van der Waals surface area contributed by atoms with Crippen LogP contribution in [0.3, 0.4) is 0 Å². The van der Waals surface area contributed by atoms with Gasteiger partial charge in [0.15, 0.2) is 0 Å². The third-order valence-corrected chi connectivity index (χ3v) is 2.26. The molecule has 4 nitrogen and oxygen atoms in total. The summed E-state index contributed by atoms with van der Waals surface area (Å²) in [6, 6.07) is 3.25. The van der Waals surface area contributed by atoms with Crippen LogP contribution in [0.15, 0.2) is 12.1 Å². The standard InChI is InChI=1S/C11H17NO3/c1-7-4-9(14-2)11(8(12)6-13)10(5-7)15-3/h4-5,8,13H,6,12H2,1-3H3. The van der Waals surface area contributed by atoms with E-state index in [9.17, 15) is 0 Å². The second-order valence-corrected chi connectivity index (χ2v) is 3.37. The lowest BCUT2D eigenvalue weighted by Gasteiger charge is -2.18. The van der Waals surface area contributed by atoms with Gasteiger partial charge in [0, 0.05) is 0 Å². The summed E-state index contributed by atoms with van der Waals surface area (Å²) in [5, 5.41) is 9.06. The molecule has 1 atom stereocenters. The minimum atomic E-state index is -0.490. The summed E-state index contributed by atoms with van der Waals surface area (Å²) in [6.07, 6.45) is 0. The number of aryl methyl sites for hydroxylation is 1. The molecule has 0 aromatic heterocycles. The fraction of sp³-hybridized carbons (Fsp3) is 0.455. The summed E-state index contributed by atoms with van der Waals surface area (Å²) >= 11 is 0. The molecule has 0 saturated heterocycles. The molecule has 1 aromatic carbocycles. The number of benzene rings is 1. The Morgan fingerprint density at radius 2 is 1.73 bits per heavy atom. The van der Waals surface area contributed by atoms with Gasteiger partial charge in [-0.3, -0.25) is 0 Å². The molecule has 0 aliphatic carbocycles. The van der Waals surface area contributed by atoms with E-state index in [2.05, 4.69) is 0 Å². The highest BCUT2D eigenvalue weighted by atomic mass is 16.5. The maximum absolute atomic E-state index is 9.06. The Morgan fingerprint density at radius 1 is 1.27 bits per heavy atom. The summed E-state index contributed by atoms with van der Waals surface area (Å²) in [7, 11) is 3.14. The van der Waals surface area contributed by atoms with Crippen LogP contribution in [0.4, 0.5) is 0 Å². The molecule has 1 aromatic rings. The fourth-order valence-electron chi connectivity index (χ4n) is 1.53. The average molecular weight is 211 g/mol. The van der Waals surface area contributed by atoms with E-state index >= 15 is 0 Å². The van der Waals surface area contributed by atoms with Gasteiger partial charge in [-0.05, 0) is 24.6 Å². The maximum atomic E-state index is 9.06. The summed E-state index contributed by atoms with van der Waals surface area (Å²) in [6.45, 7) is 1.80. The van der Waals surface area contributed by atoms with Crippen molar-refractivity contribution >= 4 is 0 Å². The van der Waals surface area contributed by atoms with Gasteiger partial charge in [0.25, 0.3) is 0 Å². The van der Waals surface area contributed by atoms with E-state index in [1.54, 1.807) is 14.2 Å². The van der Waals surface area contributed by atoms with E-state index < -0.39 is 6.04 Å². The Balaban J connectivity index is 3.30. The third kappa shape index (κ3) is 2.40. The van der Waals surface area contributed by atoms with Crippen LogP contribution in [0.2, 0.25) is 0 Å². The molecule has 0 aliphatic rings. The smallest absolute Gasteiger partial charge is 0.127 e. The van der Waals surface area contributed by atoms with Crippen LogP contribution in [0.5, 0.6) is 11.5 Å². The first kappa shape index (κ1) is 11.8. The van der Waals surface area contributed by atoms with Crippen molar-refractivity contribution in [1.29, 1.82) is 0 Å². The molecule has 1 unspecified atom stereocenters. The first-order chi connectivity index (χ1) is 7.13. The van der Waals surface area contributed by atoms with Crippen LogP contribution in [0.1, 0.15) is 17.2 Å². The third-order valence-electron chi connectivity index (χ3n) is 2.26. The molecular weight excluding hydrogens is 194 g/mol. The average Bonchev–Trinajstić information content (AvgIpc) is 2.26. The van der Waals surface area contributed by atoms with Gasteiger partial charge in [-0.25, -0.2) is 0 Å². The van der Waals surface area contributed by atoms with Gasteiger partial charge in [-0.15, -0.1) is 0 Å². The molecule has 0 aliphatic heterocycles. The molecule has 3 N–H and O–H groups in total. The van der Waals surface area contributed by atoms with Crippen molar-refractivity contribution in [2.45, 2.75) is 13.0 Å². The fourth-order valence-corrected chi connectivity index (χ4v) is 1.53. The van der Waals surface area contributed by atoms with Gasteiger partial charge < -0.3 is 20.3 Å². The van der Waals surface area contributed by atoms with E-state index in [0.717, 1.165) is 5.56 Å². The van der Waals surface area contributed by atoms with Gasteiger partial charge in [0.05, 0.1) is 32.4 Å².